The van der Waals surface area contributed by atoms with E-state index in [-0.39, 0.29) is 36.2 Å². The lowest BCUT2D eigenvalue weighted by atomic mass is 9.98. The summed E-state index contributed by atoms with van der Waals surface area (Å²) in [5.41, 5.74) is 2.03. The van der Waals surface area contributed by atoms with Crippen LogP contribution in [0.15, 0.2) is 24.3 Å². The zero-order chi connectivity index (χ0) is 23.7. The molecule has 2 N–H and O–H groups in total. The first-order valence-electron chi connectivity index (χ1n) is 11.8. The minimum atomic E-state index is -0.717. The minimum Gasteiger partial charge on any atom is -0.374 e. The molecule has 7 heteroatoms. The van der Waals surface area contributed by atoms with E-state index in [4.69, 9.17) is 4.74 Å². The number of urea groups is 1. The number of nitrogens with one attached hydrogen (secondary N) is 2. The predicted octanol–water partition coefficient (Wildman–Crippen LogP) is 3.70. The summed E-state index contributed by atoms with van der Waals surface area (Å²) < 4.78 is 5.26. The first-order valence-corrected chi connectivity index (χ1v) is 11.8. The highest BCUT2D eigenvalue weighted by Gasteiger charge is 2.30. The van der Waals surface area contributed by atoms with E-state index in [1.54, 1.807) is 4.90 Å². The van der Waals surface area contributed by atoms with Gasteiger partial charge < -0.3 is 15.4 Å². The SMILES string of the molecule is CCOCC(=O)[C@H](CC(C)C)NC(=O)[C@H](CC(C)C)NC(=O)N1CCCc2ccccc21. The molecule has 3 amide bonds. The van der Waals surface area contributed by atoms with Crippen LogP contribution in [-0.4, -0.2) is 49.6 Å². The number of rotatable bonds is 11. The summed E-state index contributed by atoms with van der Waals surface area (Å²) in [6, 6.07) is 6.25. The van der Waals surface area contributed by atoms with E-state index >= 15 is 0 Å². The van der Waals surface area contributed by atoms with Gasteiger partial charge in [-0.2, -0.15) is 0 Å². The van der Waals surface area contributed by atoms with Gasteiger partial charge in [0.15, 0.2) is 5.78 Å². The first-order chi connectivity index (χ1) is 15.2. The van der Waals surface area contributed by atoms with Crippen molar-refractivity contribution in [3.05, 3.63) is 29.8 Å². The number of anilines is 1. The maximum Gasteiger partial charge on any atom is 0.322 e. The molecule has 1 aliphatic heterocycles. The van der Waals surface area contributed by atoms with Gasteiger partial charge >= 0.3 is 6.03 Å². The number of benzene rings is 1. The highest BCUT2D eigenvalue weighted by atomic mass is 16.5. The summed E-state index contributed by atoms with van der Waals surface area (Å²) in [5.74, 6) is -0.0439. The molecule has 1 aromatic carbocycles. The van der Waals surface area contributed by atoms with Crippen molar-refractivity contribution in [2.75, 3.05) is 24.7 Å². The lowest BCUT2D eigenvalue weighted by molar-refractivity contribution is -0.131. The molecule has 32 heavy (non-hydrogen) atoms. The quantitative estimate of drug-likeness (QED) is 0.544. The summed E-state index contributed by atoms with van der Waals surface area (Å²) >= 11 is 0. The van der Waals surface area contributed by atoms with Crippen LogP contribution in [0.1, 0.15) is 59.4 Å². The molecule has 178 valence electrons. The second kappa shape index (κ2) is 12.6. The van der Waals surface area contributed by atoms with E-state index < -0.39 is 12.1 Å². The van der Waals surface area contributed by atoms with Gasteiger partial charge in [-0.15, -0.1) is 0 Å². The van der Waals surface area contributed by atoms with E-state index in [0.29, 0.717) is 26.0 Å². The predicted molar refractivity (Wildman–Crippen MR) is 127 cm³/mol. The van der Waals surface area contributed by atoms with E-state index in [1.165, 1.54) is 0 Å². The van der Waals surface area contributed by atoms with Crippen molar-refractivity contribution in [2.45, 2.75) is 72.4 Å². The summed E-state index contributed by atoms with van der Waals surface area (Å²) in [6.07, 6.45) is 2.84. The molecule has 0 bridgehead atoms. The Morgan fingerprint density at radius 3 is 2.31 bits per heavy atom. The summed E-state index contributed by atoms with van der Waals surface area (Å²) in [6.45, 7) is 10.9. The molecule has 0 spiro atoms. The van der Waals surface area contributed by atoms with Crippen LogP contribution >= 0.6 is 0 Å². The Balaban J connectivity index is 2.13. The number of para-hydroxylation sites is 1. The van der Waals surface area contributed by atoms with Gasteiger partial charge in [-0.1, -0.05) is 45.9 Å². The van der Waals surface area contributed by atoms with Crippen LogP contribution < -0.4 is 15.5 Å². The Morgan fingerprint density at radius 1 is 1.00 bits per heavy atom. The number of ether oxygens (including phenoxy) is 1. The smallest absolute Gasteiger partial charge is 0.322 e. The summed E-state index contributed by atoms with van der Waals surface area (Å²) in [5, 5.41) is 5.82. The molecular weight excluding hydrogens is 406 g/mol. The fraction of sp³-hybridized carbons (Fsp3) is 0.640. The van der Waals surface area contributed by atoms with E-state index in [1.807, 2.05) is 58.9 Å². The maximum absolute atomic E-state index is 13.2. The second-order valence-corrected chi connectivity index (χ2v) is 9.31. The molecule has 7 nitrogen and oxygen atoms in total. The van der Waals surface area contributed by atoms with Gasteiger partial charge in [0.25, 0.3) is 0 Å². The van der Waals surface area contributed by atoms with Crippen LogP contribution in [0.4, 0.5) is 10.5 Å². The molecule has 0 saturated heterocycles. The van der Waals surface area contributed by atoms with Crippen LogP contribution in [0.5, 0.6) is 0 Å². The van der Waals surface area contributed by atoms with Crippen LogP contribution in [0, 0.1) is 11.8 Å². The van der Waals surface area contributed by atoms with Gasteiger partial charge in [0.2, 0.25) is 5.91 Å². The summed E-state index contributed by atoms with van der Waals surface area (Å²) in [7, 11) is 0. The van der Waals surface area contributed by atoms with Crippen molar-refractivity contribution in [2.24, 2.45) is 11.8 Å². The highest BCUT2D eigenvalue weighted by Crippen LogP contribution is 2.26. The largest absolute Gasteiger partial charge is 0.374 e. The topological polar surface area (TPSA) is 87.7 Å². The molecule has 0 fully saturated rings. The number of carbonyl (C=O) groups is 3. The number of ketones is 1. The molecule has 0 aromatic heterocycles. The lowest BCUT2D eigenvalue weighted by Gasteiger charge is -2.32. The molecular formula is C25H39N3O4. The van der Waals surface area contributed by atoms with Gasteiger partial charge in [0.05, 0.1) is 6.04 Å². The number of aryl methyl sites for hydroxylation is 1. The minimum absolute atomic E-state index is 0.0278. The van der Waals surface area contributed by atoms with E-state index in [9.17, 15) is 14.4 Å². The average molecular weight is 446 g/mol. The highest BCUT2D eigenvalue weighted by molar-refractivity contribution is 5.97. The monoisotopic (exact) mass is 445 g/mol. The third kappa shape index (κ3) is 7.62. The van der Waals surface area contributed by atoms with Gasteiger partial charge in [-0.25, -0.2) is 4.79 Å². The van der Waals surface area contributed by atoms with Gasteiger partial charge in [0, 0.05) is 18.8 Å². The van der Waals surface area contributed by atoms with Crippen LogP contribution in [0.2, 0.25) is 0 Å². The molecule has 1 aromatic rings. The lowest BCUT2D eigenvalue weighted by Crippen LogP contribution is -2.55. The molecule has 0 aliphatic carbocycles. The van der Waals surface area contributed by atoms with Gasteiger partial charge in [-0.3, -0.25) is 14.5 Å². The third-order valence-electron chi connectivity index (χ3n) is 5.54. The number of nitrogens with zero attached hydrogens (tertiary/aromatic N) is 1. The number of hydrogen-bond donors (Lipinski definition) is 2. The number of Topliss-reactive ketones (excluding diaryl/α,β-unsaturated/α-hetero) is 1. The van der Waals surface area contributed by atoms with Crippen molar-refractivity contribution >= 4 is 23.4 Å². The van der Waals surface area contributed by atoms with E-state index in [0.717, 1.165) is 24.1 Å². The van der Waals surface area contributed by atoms with Crippen LogP contribution in [0.25, 0.3) is 0 Å². The normalized spacial score (nSPS) is 15.3. The van der Waals surface area contributed by atoms with Crippen molar-refractivity contribution in [3.63, 3.8) is 0 Å². The molecule has 0 radical (unpaired) electrons. The average Bonchev–Trinajstić information content (AvgIpc) is 2.75. The van der Waals surface area contributed by atoms with Gasteiger partial charge in [-0.05, 0) is 56.1 Å². The van der Waals surface area contributed by atoms with Crippen molar-refractivity contribution in [3.8, 4) is 0 Å². The number of hydrogen-bond acceptors (Lipinski definition) is 4. The van der Waals surface area contributed by atoms with E-state index in [2.05, 4.69) is 10.6 Å². The van der Waals surface area contributed by atoms with Crippen molar-refractivity contribution in [1.82, 2.24) is 10.6 Å². The Labute approximate surface area is 192 Å². The Hall–Kier alpha value is -2.41. The Morgan fingerprint density at radius 2 is 1.66 bits per heavy atom. The number of amides is 3. The Kier molecular flexibility index (Phi) is 10.2. The standard InChI is InChI=1S/C25H39N3O4/c1-6-32-16-23(29)20(14-17(2)3)26-24(30)21(15-18(4)5)27-25(31)28-13-9-11-19-10-7-8-12-22(19)28/h7-8,10,12,17-18,20-21H,6,9,11,13-16H2,1-5H3,(H,26,30)(H,27,31)/t20-,21-/m0/s1. The molecule has 1 heterocycles. The molecule has 2 rings (SSSR count). The van der Waals surface area contributed by atoms with Crippen molar-refractivity contribution in [1.29, 1.82) is 0 Å². The number of carbonyl (C=O) groups excluding carboxylic acids is 3. The van der Waals surface area contributed by atoms with Crippen molar-refractivity contribution < 1.29 is 19.1 Å². The fourth-order valence-electron chi connectivity index (χ4n) is 3.99. The maximum atomic E-state index is 13.2. The third-order valence-corrected chi connectivity index (χ3v) is 5.54. The zero-order valence-corrected chi connectivity index (χ0v) is 20.1. The zero-order valence-electron chi connectivity index (χ0n) is 20.1. The van der Waals surface area contributed by atoms with Crippen LogP contribution in [-0.2, 0) is 20.7 Å². The summed E-state index contributed by atoms with van der Waals surface area (Å²) in [4.78, 5) is 40.6. The molecule has 2 atom stereocenters. The molecule has 0 saturated carbocycles. The first kappa shape index (κ1) is 25.8. The molecule has 1 aliphatic rings. The molecule has 0 unspecified atom stereocenters. The number of fused-ring (bicyclic) bond motifs is 1. The fourth-order valence-corrected chi connectivity index (χ4v) is 3.99. The second-order valence-electron chi connectivity index (χ2n) is 9.31. The Bertz CT molecular complexity index is 778. The van der Waals surface area contributed by atoms with Gasteiger partial charge in [0.1, 0.15) is 12.6 Å². The van der Waals surface area contributed by atoms with Crippen LogP contribution in [0.3, 0.4) is 0 Å².